The molecular formula is C17H17ClFN3O2. The normalized spacial score (nSPS) is 17.0. The van der Waals surface area contributed by atoms with Gasteiger partial charge >= 0.3 is 0 Å². The third-order valence-electron chi connectivity index (χ3n) is 4.08. The molecule has 2 aromatic rings. The lowest BCUT2D eigenvalue weighted by Gasteiger charge is -2.28. The van der Waals surface area contributed by atoms with E-state index in [0.717, 1.165) is 11.1 Å². The Hall–Kier alpha value is -2.15. The van der Waals surface area contributed by atoms with Crippen LogP contribution in [-0.2, 0) is 17.8 Å². The lowest BCUT2D eigenvalue weighted by Crippen LogP contribution is -2.47. The first-order chi connectivity index (χ1) is 11.4. The molecule has 0 saturated carbocycles. The summed E-state index contributed by atoms with van der Waals surface area (Å²) in [7, 11) is 1.81. The lowest BCUT2D eigenvalue weighted by molar-refractivity contribution is -0.125. The van der Waals surface area contributed by atoms with E-state index in [2.05, 4.69) is 0 Å². The van der Waals surface area contributed by atoms with Crippen molar-refractivity contribution in [1.82, 2.24) is 0 Å². The molecule has 0 aliphatic carbocycles. The highest BCUT2D eigenvalue weighted by Crippen LogP contribution is 2.30. The van der Waals surface area contributed by atoms with Gasteiger partial charge in [0.1, 0.15) is 5.82 Å². The maximum absolute atomic E-state index is 13.4. The number of anilines is 2. The van der Waals surface area contributed by atoms with Gasteiger partial charge in [0, 0.05) is 13.6 Å². The van der Waals surface area contributed by atoms with Crippen molar-refractivity contribution >= 4 is 28.9 Å². The minimum Gasteiger partial charge on any atom is -0.369 e. The molecule has 3 rings (SSSR count). The number of nitrogens with zero attached hydrogens (tertiary/aromatic N) is 2. The van der Waals surface area contributed by atoms with Crippen LogP contribution in [0.3, 0.4) is 0 Å². The number of halogens is 2. The Kier molecular flexibility index (Phi) is 4.45. The molecule has 5 nitrogen and oxygen atoms in total. The summed E-state index contributed by atoms with van der Waals surface area (Å²) < 4.78 is 13.4. The molecule has 24 heavy (non-hydrogen) atoms. The second-order valence-corrected chi connectivity index (χ2v) is 6.28. The molecule has 3 N–H and O–H groups in total. The van der Waals surface area contributed by atoms with Crippen molar-refractivity contribution in [2.45, 2.75) is 19.0 Å². The van der Waals surface area contributed by atoms with Gasteiger partial charge in [-0.15, -0.1) is 0 Å². The van der Waals surface area contributed by atoms with Gasteiger partial charge in [0.25, 0.3) is 5.91 Å². The van der Waals surface area contributed by atoms with E-state index in [1.165, 1.54) is 18.2 Å². The molecule has 0 unspecified atom stereocenters. The number of fused-ring (bicyclic) bond motifs is 1. The van der Waals surface area contributed by atoms with Crippen LogP contribution in [0.25, 0.3) is 0 Å². The fourth-order valence-electron chi connectivity index (χ4n) is 2.84. The predicted octanol–water partition coefficient (Wildman–Crippen LogP) is 2.72. The molecule has 0 aromatic heterocycles. The van der Waals surface area contributed by atoms with Gasteiger partial charge in [-0.05, 0) is 41.8 Å². The van der Waals surface area contributed by atoms with Crippen LogP contribution in [0.5, 0.6) is 0 Å². The summed E-state index contributed by atoms with van der Waals surface area (Å²) >= 11 is 6.12. The first kappa shape index (κ1) is 16.7. The van der Waals surface area contributed by atoms with Crippen molar-refractivity contribution in [1.29, 1.82) is 0 Å². The van der Waals surface area contributed by atoms with Gasteiger partial charge < -0.3 is 10.6 Å². The van der Waals surface area contributed by atoms with Crippen molar-refractivity contribution in [3.63, 3.8) is 0 Å². The van der Waals surface area contributed by atoms with E-state index < -0.39 is 11.9 Å². The monoisotopic (exact) mass is 349 g/mol. The molecule has 0 saturated heterocycles. The molecule has 126 valence electrons. The zero-order valence-corrected chi connectivity index (χ0v) is 13.8. The molecular weight excluding hydrogens is 333 g/mol. The Morgan fingerprint density at radius 3 is 2.88 bits per heavy atom. The van der Waals surface area contributed by atoms with Gasteiger partial charge in [-0.3, -0.25) is 10.0 Å². The number of amides is 1. The highest BCUT2D eigenvalue weighted by atomic mass is 35.5. The number of carbonyl (C=O) groups is 1. The van der Waals surface area contributed by atoms with E-state index in [4.69, 9.17) is 17.3 Å². The van der Waals surface area contributed by atoms with Gasteiger partial charge in [-0.25, -0.2) is 4.39 Å². The van der Waals surface area contributed by atoms with E-state index >= 15 is 0 Å². The average Bonchev–Trinajstić information content (AvgIpc) is 2.54. The van der Waals surface area contributed by atoms with Gasteiger partial charge in [-0.1, -0.05) is 23.7 Å². The first-order valence-electron chi connectivity index (χ1n) is 7.43. The van der Waals surface area contributed by atoms with Crippen LogP contribution in [0, 0.1) is 5.82 Å². The maximum atomic E-state index is 13.4. The van der Waals surface area contributed by atoms with E-state index in [9.17, 15) is 14.4 Å². The number of benzene rings is 2. The fraction of sp³-hybridized carbons (Fsp3) is 0.235. The summed E-state index contributed by atoms with van der Waals surface area (Å²) in [5.41, 5.74) is 8.50. The maximum Gasteiger partial charge on any atom is 0.267 e. The summed E-state index contributed by atoms with van der Waals surface area (Å²) in [5.74, 6) is -0.869. The standard InChI is InChI=1S/C17H17ClFN3O2/c1-21(16-8-12(19)3-4-13(16)18)9-10-2-5-15-11(6-10)7-14(20)17(23)22(15)24/h2-6,8,14,24H,7,9,20H2,1H3/t14-/m0/s1. The Balaban J connectivity index is 1.85. The minimum atomic E-state index is -0.756. The van der Waals surface area contributed by atoms with Crippen LogP contribution in [-0.4, -0.2) is 24.2 Å². The molecule has 0 fully saturated rings. The van der Waals surface area contributed by atoms with Crippen molar-refractivity contribution in [2.24, 2.45) is 5.73 Å². The summed E-state index contributed by atoms with van der Waals surface area (Å²) in [6, 6.07) is 8.81. The Morgan fingerprint density at radius 2 is 2.12 bits per heavy atom. The second kappa shape index (κ2) is 6.39. The van der Waals surface area contributed by atoms with Crippen molar-refractivity contribution in [3.8, 4) is 0 Å². The Morgan fingerprint density at radius 1 is 1.38 bits per heavy atom. The van der Waals surface area contributed by atoms with E-state index in [1.807, 2.05) is 18.0 Å². The topological polar surface area (TPSA) is 69.8 Å². The highest BCUT2D eigenvalue weighted by molar-refractivity contribution is 6.33. The third kappa shape index (κ3) is 3.08. The number of carbonyl (C=O) groups excluding carboxylic acids is 1. The Bertz CT molecular complexity index is 799. The molecule has 1 aliphatic rings. The molecule has 0 bridgehead atoms. The van der Waals surface area contributed by atoms with Crippen molar-refractivity contribution < 1.29 is 14.4 Å². The van der Waals surface area contributed by atoms with E-state index in [-0.39, 0.29) is 5.82 Å². The van der Waals surface area contributed by atoms with Crippen LogP contribution < -0.4 is 15.7 Å². The fourth-order valence-corrected chi connectivity index (χ4v) is 3.11. The number of nitrogens with two attached hydrogens (primary N) is 1. The zero-order chi connectivity index (χ0) is 17.4. The smallest absolute Gasteiger partial charge is 0.267 e. The third-order valence-corrected chi connectivity index (χ3v) is 4.40. The van der Waals surface area contributed by atoms with Crippen LogP contribution in [0.4, 0.5) is 15.8 Å². The predicted molar refractivity (Wildman–Crippen MR) is 90.9 cm³/mol. The molecule has 1 atom stereocenters. The van der Waals surface area contributed by atoms with Gasteiger partial charge in [0.2, 0.25) is 0 Å². The lowest BCUT2D eigenvalue weighted by atomic mass is 9.97. The number of hydrogen-bond acceptors (Lipinski definition) is 4. The largest absolute Gasteiger partial charge is 0.369 e. The average molecular weight is 350 g/mol. The van der Waals surface area contributed by atoms with Crippen molar-refractivity contribution in [3.05, 3.63) is 58.4 Å². The van der Waals surface area contributed by atoms with E-state index in [0.29, 0.717) is 34.4 Å². The van der Waals surface area contributed by atoms with Crippen LogP contribution in [0.15, 0.2) is 36.4 Å². The quantitative estimate of drug-likeness (QED) is 0.836. The molecule has 1 heterocycles. The molecule has 7 heteroatoms. The molecule has 1 amide bonds. The van der Waals surface area contributed by atoms with Crippen LogP contribution in [0.1, 0.15) is 11.1 Å². The summed E-state index contributed by atoms with van der Waals surface area (Å²) in [4.78, 5) is 13.5. The van der Waals surface area contributed by atoms with Crippen LogP contribution in [0.2, 0.25) is 5.02 Å². The zero-order valence-electron chi connectivity index (χ0n) is 13.0. The van der Waals surface area contributed by atoms with Gasteiger partial charge in [0.15, 0.2) is 0 Å². The van der Waals surface area contributed by atoms with Gasteiger partial charge in [-0.2, -0.15) is 5.06 Å². The number of hydrogen-bond donors (Lipinski definition) is 2. The van der Waals surface area contributed by atoms with Gasteiger partial charge in [0.05, 0.1) is 22.4 Å². The summed E-state index contributed by atoms with van der Waals surface area (Å²) in [5, 5.41) is 10.9. The SMILES string of the molecule is CN(Cc1ccc2c(c1)C[C@H](N)C(=O)N2O)c1cc(F)ccc1Cl. The summed E-state index contributed by atoms with van der Waals surface area (Å²) in [6.45, 7) is 0.491. The summed E-state index contributed by atoms with van der Waals surface area (Å²) in [6.07, 6.45) is 0.365. The molecule has 0 radical (unpaired) electrons. The van der Waals surface area contributed by atoms with E-state index in [1.54, 1.807) is 12.1 Å². The highest BCUT2D eigenvalue weighted by Gasteiger charge is 2.29. The Labute approximate surface area is 144 Å². The second-order valence-electron chi connectivity index (χ2n) is 5.88. The first-order valence-corrected chi connectivity index (χ1v) is 7.81. The van der Waals surface area contributed by atoms with Crippen molar-refractivity contribution in [2.75, 3.05) is 17.0 Å². The number of hydroxylamine groups is 1. The molecule has 1 aliphatic heterocycles. The number of rotatable bonds is 3. The van der Waals surface area contributed by atoms with Crippen LogP contribution >= 0.6 is 11.6 Å². The minimum absolute atomic E-state index is 0.355. The molecule has 2 aromatic carbocycles. The molecule has 0 spiro atoms.